The summed E-state index contributed by atoms with van der Waals surface area (Å²) in [5, 5.41) is 3.29. The molecule has 0 radical (unpaired) electrons. The summed E-state index contributed by atoms with van der Waals surface area (Å²) >= 11 is 6.23. The number of hydrogen-bond donors (Lipinski definition) is 1. The van der Waals surface area contributed by atoms with Crippen LogP contribution < -0.4 is 5.32 Å². The molecule has 1 aliphatic heterocycles. The molecule has 8 heteroatoms. The van der Waals surface area contributed by atoms with Gasteiger partial charge in [0, 0.05) is 44.0 Å². The van der Waals surface area contributed by atoms with E-state index in [4.69, 9.17) is 16.3 Å². The van der Waals surface area contributed by atoms with E-state index < -0.39 is 11.6 Å². The van der Waals surface area contributed by atoms with E-state index in [1.165, 1.54) is 6.92 Å². The van der Waals surface area contributed by atoms with Gasteiger partial charge in [-0.15, -0.1) is 0 Å². The summed E-state index contributed by atoms with van der Waals surface area (Å²) in [6, 6.07) is 6.35. The van der Waals surface area contributed by atoms with Crippen LogP contribution >= 0.6 is 11.6 Å². The van der Waals surface area contributed by atoms with Gasteiger partial charge in [-0.05, 0) is 39.3 Å². The summed E-state index contributed by atoms with van der Waals surface area (Å²) in [6.07, 6.45) is -0.0785. The Morgan fingerprint density at radius 1 is 1.24 bits per heavy atom. The largest absolute Gasteiger partial charge is 0.444 e. The molecule has 0 aliphatic carbocycles. The molecule has 29 heavy (non-hydrogen) atoms. The average molecular weight is 424 g/mol. The van der Waals surface area contributed by atoms with Gasteiger partial charge in [-0.1, -0.05) is 29.8 Å². The van der Waals surface area contributed by atoms with Crippen LogP contribution in [0.5, 0.6) is 0 Å². The number of nitrogens with zero attached hydrogens (tertiary/aromatic N) is 2. The second-order valence-corrected chi connectivity index (χ2v) is 8.76. The Balaban J connectivity index is 2.07. The minimum absolute atomic E-state index is 0.184. The van der Waals surface area contributed by atoms with E-state index in [0.717, 1.165) is 5.56 Å². The Morgan fingerprint density at radius 2 is 1.90 bits per heavy atom. The number of rotatable bonds is 4. The quantitative estimate of drug-likeness (QED) is 0.807. The summed E-state index contributed by atoms with van der Waals surface area (Å²) in [5.41, 5.74) is 0.219. The van der Waals surface area contributed by atoms with Crippen molar-refractivity contribution in [3.8, 4) is 0 Å². The highest BCUT2D eigenvalue weighted by Crippen LogP contribution is 2.20. The fraction of sp³-hybridized carbons (Fsp3) is 0.571. The van der Waals surface area contributed by atoms with Crippen LogP contribution in [0.1, 0.15) is 40.2 Å². The first-order valence-electron chi connectivity index (χ1n) is 9.77. The van der Waals surface area contributed by atoms with Crippen LogP contribution in [0.4, 0.5) is 4.79 Å². The Hall–Kier alpha value is -2.28. The molecule has 1 heterocycles. The van der Waals surface area contributed by atoms with Gasteiger partial charge in [-0.2, -0.15) is 0 Å². The number of ether oxygens (including phenoxy) is 1. The van der Waals surface area contributed by atoms with E-state index in [-0.39, 0.29) is 23.9 Å². The molecule has 0 saturated carbocycles. The summed E-state index contributed by atoms with van der Waals surface area (Å²) in [7, 11) is 0. The van der Waals surface area contributed by atoms with Crippen LogP contribution in [0.3, 0.4) is 0 Å². The lowest BCUT2D eigenvalue weighted by atomic mass is 10.0. The Bertz CT molecular complexity index is 763. The first-order chi connectivity index (χ1) is 13.5. The summed E-state index contributed by atoms with van der Waals surface area (Å²) in [5.74, 6) is -0.466. The van der Waals surface area contributed by atoms with E-state index in [0.29, 0.717) is 31.1 Å². The van der Waals surface area contributed by atoms with Gasteiger partial charge < -0.3 is 19.9 Å². The lowest BCUT2D eigenvalue weighted by Crippen LogP contribution is -2.59. The van der Waals surface area contributed by atoms with Crippen molar-refractivity contribution in [3.63, 3.8) is 0 Å². The third kappa shape index (κ3) is 6.63. The maximum Gasteiger partial charge on any atom is 0.410 e. The van der Waals surface area contributed by atoms with Crippen LogP contribution in [0.15, 0.2) is 24.3 Å². The summed E-state index contributed by atoms with van der Waals surface area (Å²) < 4.78 is 5.45. The van der Waals surface area contributed by atoms with Crippen molar-refractivity contribution >= 4 is 29.5 Å². The Labute approximate surface area is 177 Å². The van der Waals surface area contributed by atoms with Crippen molar-refractivity contribution in [3.05, 3.63) is 34.9 Å². The average Bonchev–Trinajstić information content (AvgIpc) is 2.60. The van der Waals surface area contributed by atoms with Crippen molar-refractivity contribution in [1.29, 1.82) is 0 Å². The SMILES string of the molecule is CC(=O)N[C@@H](Cc1ccccc1Cl)C(=O)N1CCN(C(=O)OC(C)(C)C)[C@@H](C)C1. The lowest BCUT2D eigenvalue weighted by Gasteiger charge is -2.41. The molecule has 7 nitrogen and oxygen atoms in total. The van der Waals surface area contributed by atoms with Crippen molar-refractivity contribution in [2.45, 2.75) is 58.7 Å². The van der Waals surface area contributed by atoms with Gasteiger partial charge in [-0.3, -0.25) is 9.59 Å². The van der Waals surface area contributed by atoms with Crippen LogP contribution in [0.2, 0.25) is 5.02 Å². The molecule has 0 unspecified atom stereocenters. The number of benzene rings is 1. The van der Waals surface area contributed by atoms with Crippen molar-refractivity contribution < 1.29 is 19.1 Å². The second-order valence-electron chi connectivity index (χ2n) is 8.36. The molecule has 2 rings (SSSR count). The van der Waals surface area contributed by atoms with E-state index in [9.17, 15) is 14.4 Å². The molecule has 1 aliphatic rings. The fourth-order valence-electron chi connectivity index (χ4n) is 3.30. The van der Waals surface area contributed by atoms with Crippen LogP contribution in [0, 0.1) is 0 Å². The third-order valence-corrected chi connectivity index (χ3v) is 4.99. The van der Waals surface area contributed by atoms with Crippen molar-refractivity contribution in [2.75, 3.05) is 19.6 Å². The Morgan fingerprint density at radius 3 is 2.45 bits per heavy atom. The maximum absolute atomic E-state index is 13.1. The third-order valence-electron chi connectivity index (χ3n) is 4.62. The standard InChI is InChI=1S/C21H30ClN3O4/c1-14-13-24(10-11-25(14)20(28)29-21(3,4)5)19(27)18(23-15(2)26)12-16-8-6-7-9-17(16)22/h6-9,14,18H,10-13H2,1-5H3,(H,23,26)/t14-,18-/m0/s1. The predicted octanol–water partition coefficient (Wildman–Crippen LogP) is 2.86. The predicted molar refractivity (Wildman–Crippen MR) is 112 cm³/mol. The van der Waals surface area contributed by atoms with Gasteiger partial charge in [0.05, 0.1) is 0 Å². The Kier molecular flexibility index (Phi) is 7.52. The van der Waals surface area contributed by atoms with Gasteiger partial charge in [-0.25, -0.2) is 4.79 Å². The second kappa shape index (κ2) is 9.48. The monoisotopic (exact) mass is 423 g/mol. The zero-order valence-electron chi connectivity index (χ0n) is 17.7. The normalized spacial score (nSPS) is 18.2. The van der Waals surface area contributed by atoms with Gasteiger partial charge in [0.2, 0.25) is 11.8 Å². The lowest BCUT2D eigenvalue weighted by molar-refractivity contribution is -0.138. The number of carbonyl (C=O) groups excluding carboxylic acids is 3. The van der Waals surface area contributed by atoms with Crippen molar-refractivity contribution in [1.82, 2.24) is 15.1 Å². The number of carbonyl (C=O) groups is 3. The zero-order valence-corrected chi connectivity index (χ0v) is 18.5. The van der Waals surface area contributed by atoms with E-state index in [1.807, 2.05) is 45.9 Å². The van der Waals surface area contributed by atoms with E-state index in [2.05, 4.69) is 5.32 Å². The smallest absolute Gasteiger partial charge is 0.410 e. The topological polar surface area (TPSA) is 79.0 Å². The fourth-order valence-corrected chi connectivity index (χ4v) is 3.51. The summed E-state index contributed by atoms with van der Waals surface area (Å²) in [4.78, 5) is 40.5. The highest BCUT2D eigenvalue weighted by atomic mass is 35.5. The molecule has 0 spiro atoms. The highest BCUT2D eigenvalue weighted by molar-refractivity contribution is 6.31. The molecule has 2 atom stereocenters. The number of amides is 3. The number of halogens is 1. The highest BCUT2D eigenvalue weighted by Gasteiger charge is 2.35. The van der Waals surface area contributed by atoms with Crippen LogP contribution in [0.25, 0.3) is 0 Å². The molecule has 160 valence electrons. The first-order valence-corrected chi connectivity index (χ1v) is 10.1. The van der Waals surface area contributed by atoms with Crippen LogP contribution in [-0.2, 0) is 20.7 Å². The minimum atomic E-state index is -0.715. The molecule has 1 aromatic rings. The molecule has 1 N–H and O–H groups in total. The van der Waals surface area contributed by atoms with Gasteiger partial charge in [0.15, 0.2) is 0 Å². The number of nitrogens with one attached hydrogen (secondary N) is 1. The molecule has 1 aromatic carbocycles. The zero-order chi connectivity index (χ0) is 21.8. The van der Waals surface area contributed by atoms with Gasteiger partial charge in [0.1, 0.15) is 11.6 Å². The molecule has 3 amide bonds. The van der Waals surface area contributed by atoms with E-state index in [1.54, 1.807) is 15.9 Å². The van der Waals surface area contributed by atoms with E-state index >= 15 is 0 Å². The molecular formula is C21H30ClN3O4. The number of piperazine rings is 1. The molecule has 0 aromatic heterocycles. The van der Waals surface area contributed by atoms with Gasteiger partial charge in [0.25, 0.3) is 0 Å². The van der Waals surface area contributed by atoms with Crippen molar-refractivity contribution in [2.24, 2.45) is 0 Å². The van der Waals surface area contributed by atoms with Gasteiger partial charge >= 0.3 is 6.09 Å². The summed E-state index contributed by atoms with van der Waals surface area (Å²) in [6.45, 7) is 9.85. The maximum atomic E-state index is 13.1. The van der Waals surface area contributed by atoms with Crippen LogP contribution in [-0.4, -0.2) is 65.0 Å². The molecule has 0 bridgehead atoms. The molecule has 1 saturated heterocycles. The first kappa shape index (κ1) is 23.0. The molecule has 1 fully saturated rings. The minimum Gasteiger partial charge on any atom is -0.444 e. The number of hydrogen-bond acceptors (Lipinski definition) is 4. The molecular weight excluding hydrogens is 394 g/mol.